The molecule has 1 atom stereocenters. The van der Waals surface area contributed by atoms with Crippen molar-refractivity contribution in [1.82, 2.24) is 4.90 Å². The number of nitrogens with zero attached hydrogens (tertiary/aromatic N) is 1. The molecule has 6 nitrogen and oxygen atoms in total. The Labute approximate surface area is 146 Å². The van der Waals surface area contributed by atoms with Crippen molar-refractivity contribution in [2.45, 2.75) is 17.7 Å². The molecule has 0 aliphatic carbocycles. The first-order valence-corrected chi connectivity index (χ1v) is 8.76. The highest BCUT2D eigenvalue weighted by Gasteiger charge is 2.43. The second-order valence-electron chi connectivity index (χ2n) is 5.90. The van der Waals surface area contributed by atoms with Gasteiger partial charge in [0.25, 0.3) is 0 Å². The van der Waals surface area contributed by atoms with Gasteiger partial charge >= 0.3 is 5.97 Å². The summed E-state index contributed by atoms with van der Waals surface area (Å²) < 4.78 is 10.2. The van der Waals surface area contributed by atoms with E-state index in [9.17, 15) is 14.7 Å². The molecule has 1 aromatic rings. The maximum Gasteiger partial charge on any atom is 0.313 e. The molecule has 0 aromatic heterocycles. The lowest BCUT2D eigenvalue weighted by Crippen LogP contribution is -2.52. The van der Waals surface area contributed by atoms with Gasteiger partial charge < -0.3 is 19.5 Å². The fourth-order valence-electron chi connectivity index (χ4n) is 2.88. The van der Waals surface area contributed by atoms with Gasteiger partial charge in [-0.25, -0.2) is 0 Å². The Morgan fingerprint density at radius 1 is 1.29 bits per heavy atom. The van der Waals surface area contributed by atoms with Crippen molar-refractivity contribution in [2.24, 2.45) is 5.41 Å². The summed E-state index contributed by atoms with van der Waals surface area (Å²) in [5.74, 6) is 0.115. The van der Waals surface area contributed by atoms with Crippen molar-refractivity contribution in [3.63, 3.8) is 0 Å². The minimum absolute atomic E-state index is 0.0442. The molecule has 0 bridgehead atoms. The molecule has 1 N–H and O–H groups in total. The number of carbonyl (C=O) groups excluding carboxylic acids is 1. The van der Waals surface area contributed by atoms with Crippen molar-refractivity contribution in [3.05, 3.63) is 24.3 Å². The van der Waals surface area contributed by atoms with E-state index in [2.05, 4.69) is 0 Å². The predicted molar refractivity (Wildman–Crippen MR) is 91.5 cm³/mol. The van der Waals surface area contributed by atoms with E-state index in [1.54, 1.807) is 12.0 Å². The van der Waals surface area contributed by atoms with Crippen LogP contribution in [0.2, 0.25) is 0 Å². The lowest BCUT2D eigenvalue weighted by Gasteiger charge is -2.39. The number of likely N-dealkylation sites (tertiary alicyclic amines) is 1. The van der Waals surface area contributed by atoms with Gasteiger partial charge in [-0.2, -0.15) is 0 Å². The zero-order chi connectivity index (χ0) is 17.6. The second kappa shape index (κ2) is 8.39. The average molecular weight is 353 g/mol. The van der Waals surface area contributed by atoms with Crippen molar-refractivity contribution in [3.8, 4) is 5.75 Å². The molecule has 1 unspecified atom stereocenters. The Kier molecular flexibility index (Phi) is 6.51. The van der Waals surface area contributed by atoms with Gasteiger partial charge in [0, 0.05) is 25.1 Å². The fourth-order valence-corrected chi connectivity index (χ4v) is 3.68. The Morgan fingerprint density at radius 3 is 2.58 bits per heavy atom. The Bertz CT molecular complexity index is 573. The summed E-state index contributed by atoms with van der Waals surface area (Å²) >= 11 is 1.44. The standard InChI is InChI=1S/C17H23NO5S/c1-22-12-17(16(20)21)8-3-9-18(11-17)15(19)10-24-14-6-4-13(23-2)5-7-14/h4-7H,3,8-12H2,1-2H3,(H,20,21). The lowest BCUT2D eigenvalue weighted by molar-refractivity contribution is -0.158. The molecular weight excluding hydrogens is 330 g/mol. The number of hydrogen-bond acceptors (Lipinski definition) is 5. The molecule has 1 aromatic carbocycles. The number of amides is 1. The Hall–Kier alpha value is -1.73. The first-order chi connectivity index (χ1) is 11.5. The highest BCUT2D eigenvalue weighted by Crippen LogP contribution is 2.31. The van der Waals surface area contributed by atoms with Crippen LogP contribution in [0.25, 0.3) is 0 Å². The van der Waals surface area contributed by atoms with Crippen molar-refractivity contribution in [1.29, 1.82) is 0 Å². The van der Waals surface area contributed by atoms with Crippen LogP contribution in [0.1, 0.15) is 12.8 Å². The lowest BCUT2D eigenvalue weighted by atomic mass is 9.80. The van der Waals surface area contributed by atoms with Gasteiger partial charge in [0.2, 0.25) is 5.91 Å². The van der Waals surface area contributed by atoms with E-state index in [4.69, 9.17) is 9.47 Å². The number of carbonyl (C=O) groups is 2. The quantitative estimate of drug-likeness (QED) is 0.757. The van der Waals surface area contributed by atoms with Crippen molar-refractivity contribution >= 4 is 23.6 Å². The highest BCUT2D eigenvalue weighted by atomic mass is 32.2. The van der Waals surface area contributed by atoms with Crippen LogP contribution in [-0.4, -0.2) is 61.6 Å². The number of rotatable bonds is 7. The molecular formula is C17H23NO5S. The third-order valence-corrected chi connectivity index (χ3v) is 5.22. The number of aliphatic carboxylic acids is 1. The van der Waals surface area contributed by atoms with E-state index < -0.39 is 11.4 Å². The number of methoxy groups -OCH3 is 2. The van der Waals surface area contributed by atoms with Gasteiger partial charge in [-0.15, -0.1) is 11.8 Å². The van der Waals surface area contributed by atoms with Gasteiger partial charge in [-0.3, -0.25) is 9.59 Å². The number of thioether (sulfide) groups is 1. The summed E-state index contributed by atoms with van der Waals surface area (Å²) in [7, 11) is 3.10. The summed E-state index contributed by atoms with van der Waals surface area (Å²) in [6.45, 7) is 0.927. The molecule has 1 saturated heterocycles. The van der Waals surface area contributed by atoms with E-state index in [1.165, 1.54) is 18.9 Å². The molecule has 1 aliphatic heterocycles. The van der Waals surface area contributed by atoms with Gasteiger partial charge in [-0.05, 0) is 37.1 Å². The normalized spacial score (nSPS) is 20.7. The summed E-state index contributed by atoms with van der Waals surface area (Å²) in [5, 5.41) is 9.54. The number of hydrogen-bond donors (Lipinski definition) is 1. The molecule has 2 rings (SSSR count). The zero-order valence-corrected chi connectivity index (χ0v) is 14.8. The first-order valence-electron chi connectivity index (χ1n) is 7.78. The molecule has 1 fully saturated rings. The van der Waals surface area contributed by atoms with Crippen LogP contribution in [0.15, 0.2) is 29.2 Å². The van der Waals surface area contributed by atoms with Gasteiger partial charge in [0.05, 0.1) is 19.5 Å². The van der Waals surface area contributed by atoms with Crippen LogP contribution in [0, 0.1) is 5.41 Å². The minimum Gasteiger partial charge on any atom is -0.497 e. The smallest absolute Gasteiger partial charge is 0.313 e. The summed E-state index contributed by atoms with van der Waals surface area (Å²) in [5.41, 5.74) is -0.993. The monoisotopic (exact) mass is 353 g/mol. The molecule has 1 aliphatic rings. The fraction of sp³-hybridized carbons (Fsp3) is 0.529. The predicted octanol–water partition coefficient (Wildman–Crippen LogP) is 2.13. The topological polar surface area (TPSA) is 76.1 Å². The largest absolute Gasteiger partial charge is 0.497 e. The van der Waals surface area contributed by atoms with Crippen LogP contribution in [-0.2, 0) is 14.3 Å². The third kappa shape index (κ3) is 4.42. The van der Waals surface area contributed by atoms with Crippen molar-refractivity contribution in [2.75, 3.05) is 39.7 Å². The summed E-state index contributed by atoms with van der Waals surface area (Å²) in [6.07, 6.45) is 1.21. The number of piperidine rings is 1. The Morgan fingerprint density at radius 2 is 2.00 bits per heavy atom. The number of benzene rings is 1. The van der Waals surface area contributed by atoms with E-state index >= 15 is 0 Å². The van der Waals surface area contributed by atoms with E-state index in [-0.39, 0.29) is 24.8 Å². The van der Waals surface area contributed by atoms with Crippen LogP contribution < -0.4 is 4.74 Å². The van der Waals surface area contributed by atoms with Crippen LogP contribution >= 0.6 is 11.8 Å². The number of carboxylic acids is 1. The summed E-state index contributed by atoms with van der Waals surface area (Å²) in [6, 6.07) is 7.50. The molecule has 0 saturated carbocycles. The van der Waals surface area contributed by atoms with E-state index in [0.717, 1.165) is 10.6 Å². The third-order valence-electron chi connectivity index (χ3n) is 4.23. The van der Waals surface area contributed by atoms with E-state index in [1.807, 2.05) is 24.3 Å². The number of carboxylic acid groups (broad SMARTS) is 1. The maximum absolute atomic E-state index is 12.5. The van der Waals surface area contributed by atoms with Crippen LogP contribution in [0.5, 0.6) is 5.75 Å². The number of ether oxygens (including phenoxy) is 2. The van der Waals surface area contributed by atoms with Gasteiger partial charge in [-0.1, -0.05) is 0 Å². The molecule has 132 valence electrons. The molecule has 7 heteroatoms. The molecule has 1 amide bonds. The first kappa shape index (κ1) is 18.6. The molecule has 0 radical (unpaired) electrons. The average Bonchev–Trinajstić information content (AvgIpc) is 2.60. The SMILES string of the molecule is COCC1(C(=O)O)CCCN(C(=O)CSc2ccc(OC)cc2)C1. The van der Waals surface area contributed by atoms with E-state index in [0.29, 0.717) is 19.4 Å². The zero-order valence-electron chi connectivity index (χ0n) is 14.0. The Balaban J connectivity index is 1.94. The molecule has 1 heterocycles. The molecule has 0 spiro atoms. The van der Waals surface area contributed by atoms with Gasteiger partial charge in [0.15, 0.2) is 0 Å². The maximum atomic E-state index is 12.5. The van der Waals surface area contributed by atoms with Crippen molar-refractivity contribution < 1.29 is 24.2 Å². The molecule has 24 heavy (non-hydrogen) atoms. The highest BCUT2D eigenvalue weighted by molar-refractivity contribution is 8.00. The van der Waals surface area contributed by atoms with Crippen LogP contribution in [0.4, 0.5) is 0 Å². The second-order valence-corrected chi connectivity index (χ2v) is 6.95. The van der Waals surface area contributed by atoms with Crippen LogP contribution in [0.3, 0.4) is 0 Å². The van der Waals surface area contributed by atoms with Gasteiger partial charge in [0.1, 0.15) is 11.2 Å². The summed E-state index contributed by atoms with van der Waals surface area (Å²) in [4.78, 5) is 26.7. The minimum atomic E-state index is -0.993.